The van der Waals surface area contributed by atoms with E-state index in [-0.39, 0.29) is 11.9 Å². The van der Waals surface area contributed by atoms with Gasteiger partial charge in [0, 0.05) is 5.56 Å². The molecule has 0 bridgehead atoms. The summed E-state index contributed by atoms with van der Waals surface area (Å²) in [5, 5.41) is 3.90. The SMILES string of the molecule is N[C@H](CCc1ccccc1)c1nc(-c2ccc(F)cc2)no1. The van der Waals surface area contributed by atoms with Gasteiger partial charge in [0.15, 0.2) is 0 Å². The molecule has 0 fully saturated rings. The lowest BCUT2D eigenvalue weighted by Crippen LogP contribution is -2.11. The van der Waals surface area contributed by atoms with Crippen LogP contribution >= 0.6 is 0 Å². The summed E-state index contributed by atoms with van der Waals surface area (Å²) in [6.45, 7) is 0. The zero-order chi connectivity index (χ0) is 15.4. The van der Waals surface area contributed by atoms with Crippen molar-refractivity contribution < 1.29 is 8.91 Å². The molecule has 1 atom stereocenters. The fourth-order valence-electron chi connectivity index (χ4n) is 2.19. The Bertz CT molecular complexity index is 725. The van der Waals surface area contributed by atoms with Crippen molar-refractivity contribution in [2.24, 2.45) is 5.73 Å². The Balaban J connectivity index is 1.66. The first-order valence-corrected chi connectivity index (χ1v) is 7.11. The zero-order valence-electron chi connectivity index (χ0n) is 11.9. The van der Waals surface area contributed by atoms with Crippen molar-refractivity contribution in [3.05, 3.63) is 71.9 Å². The van der Waals surface area contributed by atoms with E-state index in [9.17, 15) is 4.39 Å². The van der Waals surface area contributed by atoms with E-state index in [1.54, 1.807) is 12.1 Å². The molecule has 0 unspecified atom stereocenters. The number of nitrogens with two attached hydrogens (primary N) is 1. The van der Waals surface area contributed by atoms with Crippen molar-refractivity contribution in [1.82, 2.24) is 10.1 Å². The third-order valence-electron chi connectivity index (χ3n) is 3.45. The molecule has 1 heterocycles. The van der Waals surface area contributed by atoms with Gasteiger partial charge in [-0.25, -0.2) is 4.39 Å². The van der Waals surface area contributed by atoms with Gasteiger partial charge in [0.2, 0.25) is 11.7 Å². The Morgan fingerprint density at radius 3 is 2.50 bits per heavy atom. The third-order valence-corrected chi connectivity index (χ3v) is 3.45. The minimum absolute atomic E-state index is 0.299. The lowest BCUT2D eigenvalue weighted by atomic mass is 10.1. The highest BCUT2D eigenvalue weighted by molar-refractivity contribution is 5.53. The van der Waals surface area contributed by atoms with Crippen LogP contribution < -0.4 is 5.73 Å². The summed E-state index contributed by atoms with van der Waals surface area (Å²) in [7, 11) is 0. The van der Waals surface area contributed by atoms with Crippen molar-refractivity contribution >= 4 is 0 Å². The first-order chi connectivity index (χ1) is 10.7. The molecular formula is C17H16FN3O. The van der Waals surface area contributed by atoms with Gasteiger partial charge in [-0.2, -0.15) is 4.98 Å². The normalized spacial score (nSPS) is 12.3. The Morgan fingerprint density at radius 2 is 1.77 bits per heavy atom. The lowest BCUT2D eigenvalue weighted by molar-refractivity contribution is 0.349. The van der Waals surface area contributed by atoms with E-state index in [1.807, 2.05) is 18.2 Å². The van der Waals surface area contributed by atoms with E-state index in [0.717, 1.165) is 12.8 Å². The van der Waals surface area contributed by atoms with Crippen LogP contribution in [-0.2, 0) is 6.42 Å². The summed E-state index contributed by atoms with van der Waals surface area (Å²) in [5.41, 5.74) is 8.02. The first-order valence-electron chi connectivity index (χ1n) is 7.11. The number of hydrogen-bond acceptors (Lipinski definition) is 4. The molecule has 0 aliphatic heterocycles. The summed E-state index contributed by atoms with van der Waals surface area (Å²) in [6, 6.07) is 15.7. The van der Waals surface area contributed by atoms with E-state index in [1.165, 1.54) is 17.7 Å². The quantitative estimate of drug-likeness (QED) is 0.782. The number of aryl methyl sites for hydroxylation is 1. The van der Waals surface area contributed by atoms with Gasteiger partial charge in [0.05, 0.1) is 6.04 Å². The third kappa shape index (κ3) is 3.38. The average molecular weight is 297 g/mol. The van der Waals surface area contributed by atoms with Gasteiger partial charge in [-0.05, 0) is 42.7 Å². The van der Waals surface area contributed by atoms with Gasteiger partial charge in [-0.15, -0.1) is 0 Å². The Hall–Kier alpha value is -2.53. The topological polar surface area (TPSA) is 64.9 Å². The maximum atomic E-state index is 12.9. The van der Waals surface area contributed by atoms with Crippen molar-refractivity contribution in [1.29, 1.82) is 0 Å². The predicted octanol–water partition coefficient (Wildman–Crippen LogP) is 3.51. The van der Waals surface area contributed by atoms with Crippen LogP contribution in [0, 0.1) is 5.82 Å². The zero-order valence-corrected chi connectivity index (χ0v) is 11.9. The molecule has 1 aromatic heterocycles. The summed E-state index contributed by atoms with van der Waals surface area (Å²) in [6.07, 6.45) is 1.56. The van der Waals surface area contributed by atoms with Gasteiger partial charge >= 0.3 is 0 Å². The second-order valence-corrected chi connectivity index (χ2v) is 5.09. The maximum Gasteiger partial charge on any atom is 0.243 e. The first kappa shape index (κ1) is 14.4. The van der Waals surface area contributed by atoms with Crippen LogP contribution in [-0.4, -0.2) is 10.1 Å². The standard InChI is InChI=1S/C17H16FN3O/c18-14-9-7-13(8-10-14)16-20-17(22-21-16)15(19)11-6-12-4-2-1-3-5-12/h1-5,7-10,15H,6,11,19H2/t15-/m1/s1. The van der Waals surface area contributed by atoms with Crippen LogP contribution in [0.4, 0.5) is 4.39 Å². The fraction of sp³-hybridized carbons (Fsp3) is 0.176. The van der Waals surface area contributed by atoms with Crippen LogP contribution in [0.25, 0.3) is 11.4 Å². The van der Waals surface area contributed by atoms with Gasteiger partial charge in [0.1, 0.15) is 5.82 Å². The molecule has 2 N–H and O–H groups in total. The minimum Gasteiger partial charge on any atom is -0.337 e. The molecule has 4 nitrogen and oxygen atoms in total. The van der Waals surface area contributed by atoms with Crippen molar-refractivity contribution in [2.75, 3.05) is 0 Å². The minimum atomic E-state index is -0.318. The van der Waals surface area contributed by atoms with E-state index < -0.39 is 0 Å². The number of rotatable bonds is 5. The van der Waals surface area contributed by atoms with Gasteiger partial charge in [0.25, 0.3) is 0 Å². The molecule has 22 heavy (non-hydrogen) atoms. The summed E-state index contributed by atoms with van der Waals surface area (Å²) >= 11 is 0. The van der Waals surface area contributed by atoms with Crippen molar-refractivity contribution in [2.45, 2.75) is 18.9 Å². The highest BCUT2D eigenvalue weighted by Gasteiger charge is 2.15. The van der Waals surface area contributed by atoms with Crippen molar-refractivity contribution in [3.63, 3.8) is 0 Å². The molecule has 0 amide bonds. The molecule has 0 saturated carbocycles. The van der Waals surface area contributed by atoms with E-state index in [4.69, 9.17) is 10.3 Å². The lowest BCUT2D eigenvalue weighted by Gasteiger charge is -2.06. The molecule has 0 aliphatic rings. The molecule has 0 spiro atoms. The molecule has 112 valence electrons. The van der Waals surface area contributed by atoms with Gasteiger partial charge in [-0.3, -0.25) is 0 Å². The predicted molar refractivity (Wildman–Crippen MR) is 81.4 cm³/mol. The highest BCUT2D eigenvalue weighted by Crippen LogP contribution is 2.20. The number of aromatic nitrogens is 2. The van der Waals surface area contributed by atoms with Gasteiger partial charge < -0.3 is 10.3 Å². The van der Waals surface area contributed by atoms with E-state index >= 15 is 0 Å². The van der Waals surface area contributed by atoms with Crippen LogP contribution in [0.3, 0.4) is 0 Å². The number of halogens is 1. The Morgan fingerprint density at radius 1 is 1.05 bits per heavy atom. The maximum absolute atomic E-state index is 12.9. The molecule has 5 heteroatoms. The molecule has 0 aliphatic carbocycles. The second-order valence-electron chi connectivity index (χ2n) is 5.09. The number of nitrogens with zero attached hydrogens (tertiary/aromatic N) is 2. The molecule has 3 rings (SSSR count). The average Bonchev–Trinajstić information content (AvgIpc) is 3.04. The van der Waals surface area contributed by atoms with Crippen LogP contribution in [0.15, 0.2) is 59.1 Å². The molecular weight excluding hydrogens is 281 g/mol. The van der Waals surface area contributed by atoms with Crippen LogP contribution in [0.2, 0.25) is 0 Å². The molecule has 0 radical (unpaired) electrons. The smallest absolute Gasteiger partial charge is 0.243 e. The summed E-state index contributed by atoms with van der Waals surface area (Å²) < 4.78 is 18.1. The fourth-order valence-corrected chi connectivity index (χ4v) is 2.19. The number of benzene rings is 2. The van der Waals surface area contributed by atoms with Crippen molar-refractivity contribution in [3.8, 4) is 11.4 Å². The number of hydrogen-bond donors (Lipinski definition) is 1. The highest BCUT2D eigenvalue weighted by atomic mass is 19.1. The Labute approximate surface area is 127 Å². The summed E-state index contributed by atoms with van der Waals surface area (Å²) in [5.74, 6) is 0.521. The second kappa shape index (κ2) is 6.49. The van der Waals surface area contributed by atoms with Crippen LogP contribution in [0.1, 0.15) is 23.9 Å². The molecule has 3 aromatic rings. The van der Waals surface area contributed by atoms with E-state index in [0.29, 0.717) is 17.3 Å². The molecule has 0 saturated heterocycles. The summed E-state index contributed by atoms with van der Waals surface area (Å²) in [4.78, 5) is 4.30. The molecule has 2 aromatic carbocycles. The Kier molecular flexibility index (Phi) is 4.25. The van der Waals surface area contributed by atoms with Gasteiger partial charge in [-0.1, -0.05) is 35.5 Å². The van der Waals surface area contributed by atoms with Crippen LogP contribution in [0.5, 0.6) is 0 Å². The largest absolute Gasteiger partial charge is 0.337 e. The van der Waals surface area contributed by atoms with E-state index in [2.05, 4.69) is 22.3 Å². The monoisotopic (exact) mass is 297 g/mol.